The van der Waals surface area contributed by atoms with Gasteiger partial charge in [0.25, 0.3) is 0 Å². The molecule has 1 unspecified atom stereocenters. The van der Waals surface area contributed by atoms with Gasteiger partial charge in [0.05, 0.1) is 6.04 Å². The van der Waals surface area contributed by atoms with Crippen molar-refractivity contribution in [2.45, 2.75) is 25.8 Å². The number of aliphatic hydroxyl groups excluding tert-OH is 1. The van der Waals surface area contributed by atoms with Gasteiger partial charge < -0.3 is 9.84 Å². The van der Waals surface area contributed by atoms with Crippen molar-refractivity contribution in [3.05, 3.63) is 47.7 Å². The maximum absolute atomic E-state index is 8.85. The Balaban J connectivity index is 2.15. The van der Waals surface area contributed by atoms with Gasteiger partial charge in [0, 0.05) is 12.2 Å². The van der Waals surface area contributed by atoms with Gasteiger partial charge in [-0.05, 0) is 38.0 Å². The molecular formula is C14H17NO2. The summed E-state index contributed by atoms with van der Waals surface area (Å²) < 4.78 is 5.63. The van der Waals surface area contributed by atoms with Crippen molar-refractivity contribution in [3.8, 4) is 0 Å². The smallest absolute Gasteiger partial charge is 0.222 e. The van der Waals surface area contributed by atoms with Crippen LogP contribution < -0.4 is 0 Å². The molecule has 0 bridgehead atoms. The third-order valence-electron chi connectivity index (χ3n) is 2.65. The van der Waals surface area contributed by atoms with Gasteiger partial charge >= 0.3 is 0 Å². The summed E-state index contributed by atoms with van der Waals surface area (Å²) in [6, 6.07) is 10.0. The summed E-state index contributed by atoms with van der Waals surface area (Å²) >= 11 is 0. The van der Waals surface area contributed by atoms with E-state index in [0.29, 0.717) is 5.90 Å². The van der Waals surface area contributed by atoms with E-state index in [-0.39, 0.29) is 12.6 Å². The van der Waals surface area contributed by atoms with Crippen LogP contribution in [0.4, 0.5) is 0 Å². The van der Waals surface area contributed by atoms with E-state index in [2.05, 4.69) is 4.99 Å². The van der Waals surface area contributed by atoms with Crippen LogP contribution in [0.1, 0.15) is 25.3 Å². The van der Waals surface area contributed by atoms with Gasteiger partial charge in [-0.15, -0.1) is 0 Å². The van der Waals surface area contributed by atoms with Gasteiger partial charge in [0.15, 0.2) is 0 Å². The molecule has 0 fully saturated rings. The molecule has 1 aliphatic heterocycles. The van der Waals surface area contributed by atoms with Crippen LogP contribution in [0.25, 0.3) is 0 Å². The number of hydrogen-bond donors (Lipinski definition) is 1. The molecule has 0 saturated heterocycles. The molecule has 0 spiro atoms. The molecule has 17 heavy (non-hydrogen) atoms. The standard InChI is InChI=1S/C14H17NO2/c1-11-10-13(8-5-9-16)15-14(17-11)12-6-3-2-4-7-12/h2-4,6-7,10,13,16H,5,8-9H2,1H3. The van der Waals surface area contributed by atoms with Gasteiger partial charge in [0.2, 0.25) is 5.90 Å². The molecule has 3 heteroatoms. The Morgan fingerprint density at radius 1 is 1.29 bits per heavy atom. The van der Waals surface area contributed by atoms with E-state index in [9.17, 15) is 0 Å². The van der Waals surface area contributed by atoms with E-state index in [1.54, 1.807) is 0 Å². The Hall–Kier alpha value is -1.61. The number of ether oxygens (including phenoxy) is 1. The summed E-state index contributed by atoms with van der Waals surface area (Å²) in [5.41, 5.74) is 0.994. The minimum absolute atomic E-state index is 0.117. The van der Waals surface area contributed by atoms with Gasteiger partial charge in [0.1, 0.15) is 5.76 Å². The van der Waals surface area contributed by atoms with E-state index >= 15 is 0 Å². The summed E-state index contributed by atoms with van der Waals surface area (Å²) in [6.07, 6.45) is 3.62. The molecule has 0 aromatic heterocycles. The normalized spacial score (nSPS) is 19.3. The lowest BCUT2D eigenvalue weighted by atomic mass is 10.1. The van der Waals surface area contributed by atoms with Crippen molar-refractivity contribution >= 4 is 5.90 Å². The summed E-state index contributed by atoms with van der Waals surface area (Å²) in [5, 5.41) is 8.85. The number of aliphatic imine (C=N–C) groups is 1. The quantitative estimate of drug-likeness (QED) is 0.865. The third kappa shape index (κ3) is 3.17. The lowest BCUT2D eigenvalue weighted by molar-refractivity contribution is 0.280. The van der Waals surface area contributed by atoms with E-state index < -0.39 is 0 Å². The first-order valence-corrected chi connectivity index (χ1v) is 5.90. The molecule has 0 amide bonds. The van der Waals surface area contributed by atoms with Gasteiger partial charge in [-0.25, -0.2) is 4.99 Å². The van der Waals surface area contributed by atoms with Gasteiger partial charge in [-0.2, -0.15) is 0 Å². The summed E-state index contributed by atoms with van der Waals surface area (Å²) in [7, 11) is 0. The van der Waals surface area contributed by atoms with E-state index in [1.807, 2.05) is 43.3 Å². The molecule has 90 valence electrons. The minimum Gasteiger partial charge on any atom is -0.444 e. The monoisotopic (exact) mass is 231 g/mol. The Bertz CT molecular complexity index is 423. The highest BCUT2D eigenvalue weighted by molar-refractivity contribution is 5.95. The van der Waals surface area contributed by atoms with Crippen LogP contribution in [0, 0.1) is 0 Å². The molecule has 3 nitrogen and oxygen atoms in total. The first-order chi connectivity index (χ1) is 8.29. The van der Waals surface area contributed by atoms with Crippen LogP contribution in [-0.2, 0) is 4.74 Å². The molecule has 1 aromatic carbocycles. The molecule has 0 saturated carbocycles. The predicted octanol–water partition coefficient (Wildman–Crippen LogP) is 2.51. The van der Waals surface area contributed by atoms with Crippen molar-refractivity contribution < 1.29 is 9.84 Å². The Labute approximate surface area is 101 Å². The maximum Gasteiger partial charge on any atom is 0.222 e. The maximum atomic E-state index is 8.85. The fraction of sp³-hybridized carbons (Fsp3) is 0.357. The van der Waals surface area contributed by atoms with Crippen molar-refractivity contribution in [1.82, 2.24) is 0 Å². The second-order valence-electron chi connectivity index (χ2n) is 4.11. The molecule has 1 atom stereocenters. The van der Waals surface area contributed by atoms with Crippen LogP contribution in [-0.4, -0.2) is 23.7 Å². The fourth-order valence-corrected chi connectivity index (χ4v) is 1.83. The second kappa shape index (κ2) is 5.64. The number of aliphatic hydroxyl groups is 1. The minimum atomic E-state index is 0.117. The SMILES string of the molecule is CC1=CC(CCCO)N=C(c2ccccc2)O1. The van der Waals surface area contributed by atoms with E-state index in [4.69, 9.17) is 9.84 Å². The summed E-state index contributed by atoms with van der Waals surface area (Å²) in [4.78, 5) is 4.55. The first-order valence-electron chi connectivity index (χ1n) is 5.90. The van der Waals surface area contributed by atoms with E-state index in [0.717, 1.165) is 24.2 Å². The van der Waals surface area contributed by atoms with Crippen molar-refractivity contribution in [2.24, 2.45) is 4.99 Å². The molecule has 0 radical (unpaired) electrons. The predicted molar refractivity (Wildman–Crippen MR) is 67.9 cm³/mol. The Kier molecular flexibility index (Phi) is 3.94. The summed E-state index contributed by atoms with van der Waals surface area (Å²) in [6.45, 7) is 2.14. The number of rotatable bonds is 4. The Morgan fingerprint density at radius 2 is 2.06 bits per heavy atom. The highest BCUT2D eigenvalue weighted by Crippen LogP contribution is 2.18. The van der Waals surface area contributed by atoms with Crippen molar-refractivity contribution in [2.75, 3.05) is 6.61 Å². The largest absolute Gasteiger partial charge is 0.444 e. The zero-order chi connectivity index (χ0) is 12.1. The van der Waals surface area contributed by atoms with Crippen LogP contribution in [0.15, 0.2) is 47.2 Å². The molecule has 2 rings (SSSR count). The van der Waals surface area contributed by atoms with Crippen LogP contribution in [0.3, 0.4) is 0 Å². The van der Waals surface area contributed by atoms with Crippen molar-refractivity contribution in [1.29, 1.82) is 0 Å². The average molecular weight is 231 g/mol. The van der Waals surface area contributed by atoms with Crippen LogP contribution >= 0.6 is 0 Å². The molecule has 1 aliphatic rings. The van der Waals surface area contributed by atoms with E-state index in [1.165, 1.54) is 0 Å². The number of nitrogens with zero attached hydrogens (tertiary/aromatic N) is 1. The van der Waals surface area contributed by atoms with Gasteiger partial charge in [-0.1, -0.05) is 18.2 Å². The highest BCUT2D eigenvalue weighted by Gasteiger charge is 2.15. The lowest BCUT2D eigenvalue weighted by Crippen LogP contribution is -2.17. The molecule has 1 N–H and O–H groups in total. The molecular weight excluding hydrogens is 214 g/mol. The molecule has 1 heterocycles. The highest BCUT2D eigenvalue weighted by atomic mass is 16.5. The zero-order valence-corrected chi connectivity index (χ0v) is 9.97. The number of allylic oxidation sites excluding steroid dienone is 1. The topological polar surface area (TPSA) is 41.8 Å². The molecule has 0 aliphatic carbocycles. The van der Waals surface area contributed by atoms with Crippen LogP contribution in [0.5, 0.6) is 0 Å². The number of hydrogen-bond acceptors (Lipinski definition) is 3. The third-order valence-corrected chi connectivity index (χ3v) is 2.65. The Morgan fingerprint density at radius 3 is 2.76 bits per heavy atom. The zero-order valence-electron chi connectivity index (χ0n) is 9.97. The second-order valence-corrected chi connectivity index (χ2v) is 4.11. The average Bonchev–Trinajstić information content (AvgIpc) is 2.37. The van der Waals surface area contributed by atoms with Crippen molar-refractivity contribution in [3.63, 3.8) is 0 Å². The molecule has 1 aromatic rings. The fourth-order valence-electron chi connectivity index (χ4n) is 1.83. The summed E-state index contributed by atoms with van der Waals surface area (Å²) in [5.74, 6) is 1.55. The number of benzene rings is 1. The van der Waals surface area contributed by atoms with Gasteiger partial charge in [-0.3, -0.25) is 0 Å². The lowest BCUT2D eigenvalue weighted by Gasteiger charge is -2.19. The van der Waals surface area contributed by atoms with Crippen LogP contribution in [0.2, 0.25) is 0 Å². The first kappa shape index (κ1) is 11.9.